The monoisotopic (exact) mass is 261 g/mol. The van der Waals surface area contributed by atoms with Crippen molar-refractivity contribution in [2.24, 2.45) is 0 Å². The van der Waals surface area contributed by atoms with Crippen LogP contribution in [0.15, 0.2) is 12.1 Å². The molecule has 1 N–H and O–H groups in total. The molecule has 0 heterocycles. The maximum atomic E-state index is 6.14. The Kier molecular flexibility index (Phi) is 5.96. The zero-order valence-electron chi connectivity index (χ0n) is 9.65. The highest BCUT2D eigenvalue weighted by molar-refractivity contribution is 6.34. The number of hydrogen-bond donors (Lipinski definition) is 1. The van der Waals surface area contributed by atoms with Crippen LogP contribution in [-0.4, -0.2) is 13.2 Å². The van der Waals surface area contributed by atoms with E-state index in [4.69, 9.17) is 27.9 Å². The first-order chi connectivity index (χ1) is 7.69. The molecule has 0 aromatic heterocycles. The fourth-order valence-electron chi connectivity index (χ4n) is 1.37. The molecule has 1 aromatic carbocycles. The minimum absolute atomic E-state index is 0.587. The van der Waals surface area contributed by atoms with Gasteiger partial charge < -0.3 is 10.1 Å². The summed E-state index contributed by atoms with van der Waals surface area (Å²) in [6.45, 7) is 6.34. The van der Waals surface area contributed by atoms with E-state index in [0.717, 1.165) is 25.1 Å². The topological polar surface area (TPSA) is 21.3 Å². The van der Waals surface area contributed by atoms with Crippen LogP contribution in [0.1, 0.15) is 25.8 Å². The molecule has 0 saturated heterocycles. The summed E-state index contributed by atoms with van der Waals surface area (Å²) in [7, 11) is 0. The molecular formula is C12H17Cl2NO. The van der Waals surface area contributed by atoms with Crippen LogP contribution in [0.4, 0.5) is 0 Å². The fraction of sp³-hybridized carbons (Fsp3) is 0.500. The van der Waals surface area contributed by atoms with Crippen molar-refractivity contribution in [3.05, 3.63) is 27.7 Å². The molecule has 2 nitrogen and oxygen atoms in total. The van der Waals surface area contributed by atoms with Gasteiger partial charge in [0.15, 0.2) is 0 Å². The van der Waals surface area contributed by atoms with Crippen LogP contribution in [0.5, 0.6) is 5.75 Å². The van der Waals surface area contributed by atoms with Gasteiger partial charge in [0.25, 0.3) is 0 Å². The Morgan fingerprint density at radius 2 is 1.94 bits per heavy atom. The van der Waals surface area contributed by atoms with Gasteiger partial charge in [-0.1, -0.05) is 30.1 Å². The van der Waals surface area contributed by atoms with Crippen molar-refractivity contribution in [1.29, 1.82) is 0 Å². The average Bonchev–Trinajstić information content (AvgIpc) is 2.25. The van der Waals surface area contributed by atoms with Gasteiger partial charge in [-0.25, -0.2) is 0 Å². The van der Waals surface area contributed by atoms with Crippen LogP contribution in [0.2, 0.25) is 10.0 Å². The Hall–Kier alpha value is -0.440. The molecule has 0 aliphatic heterocycles. The highest BCUT2D eigenvalue weighted by Crippen LogP contribution is 2.31. The molecule has 90 valence electrons. The molecule has 0 spiro atoms. The zero-order valence-corrected chi connectivity index (χ0v) is 11.2. The summed E-state index contributed by atoms with van der Waals surface area (Å²) in [5, 5.41) is 4.59. The van der Waals surface area contributed by atoms with E-state index >= 15 is 0 Å². The molecule has 0 aliphatic rings. The third-order valence-corrected chi connectivity index (χ3v) is 2.79. The van der Waals surface area contributed by atoms with Gasteiger partial charge in [0, 0.05) is 17.6 Å². The number of halogens is 2. The Morgan fingerprint density at radius 1 is 1.19 bits per heavy atom. The van der Waals surface area contributed by atoms with Crippen LogP contribution in [0.25, 0.3) is 0 Å². The van der Waals surface area contributed by atoms with Crippen molar-refractivity contribution in [3.8, 4) is 5.75 Å². The van der Waals surface area contributed by atoms with Crippen LogP contribution in [0.3, 0.4) is 0 Å². The first kappa shape index (κ1) is 13.6. The van der Waals surface area contributed by atoms with Gasteiger partial charge >= 0.3 is 0 Å². The molecule has 0 saturated carbocycles. The largest absolute Gasteiger partial charge is 0.492 e. The molecule has 0 bridgehead atoms. The van der Waals surface area contributed by atoms with Gasteiger partial charge in [0.1, 0.15) is 5.75 Å². The lowest BCUT2D eigenvalue weighted by Gasteiger charge is -2.10. The Labute approximate surface area is 107 Å². The van der Waals surface area contributed by atoms with Crippen molar-refractivity contribution in [2.45, 2.75) is 26.8 Å². The van der Waals surface area contributed by atoms with Gasteiger partial charge in [-0.05, 0) is 31.5 Å². The van der Waals surface area contributed by atoms with Crippen LogP contribution < -0.4 is 10.1 Å². The molecule has 4 heteroatoms. The Morgan fingerprint density at radius 3 is 2.56 bits per heavy atom. The first-order valence-electron chi connectivity index (χ1n) is 5.50. The third-order valence-electron chi connectivity index (χ3n) is 2.14. The number of ether oxygens (including phenoxy) is 1. The average molecular weight is 262 g/mol. The molecule has 0 aliphatic carbocycles. The molecule has 0 radical (unpaired) electrons. The summed E-state index contributed by atoms with van der Waals surface area (Å²) in [5.41, 5.74) is 1.00. The zero-order chi connectivity index (χ0) is 12.0. The van der Waals surface area contributed by atoms with E-state index in [9.17, 15) is 0 Å². The van der Waals surface area contributed by atoms with Crippen molar-refractivity contribution in [3.63, 3.8) is 0 Å². The molecule has 0 unspecified atom stereocenters. The van der Waals surface area contributed by atoms with E-state index in [1.807, 2.05) is 13.0 Å². The van der Waals surface area contributed by atoms with Gasteiger partial charge in [0.05, 0.1) is 11.6 Å². The van der Waals surface area contributed by atoms with Gasteiger partial charge in [-0.3, -0.25) is 0 Å². The SMILES string of the molecule is CCCNCc1cc(Cl)c(OCC)cc1Cl. The molecular weight excluding hydrogens is 245 g/mol. The summed E-state index contributed by atoms with van der Waals surface area (Å²) < 4.78 is 5.36. The second-order valence-electron chi connectivity index (χ2n) is 3.48. The summed E-state index contributed by atoms with van der Waals surface area (Å²) in [4.78, 5) is 0. The predicted molar refractivity (Wildman–Crippen MR) is 69.6 cm³/mol. The summed E-state index contributed by atoms with van der Waals surface area (Å²) in [5.74, 6) is 0.647. The second-order valence-corrected chi connectivity index (χ2v) is 4.30. The molecule has 0 amide bonds. The van der Waals surface area contributed by atoms with Crippen molar-refractivity contribution < 1.29 is 4.74 Å². The maximum Gasteiger partial charge on any atom is 0.139 e. The van der Waals surface area contributed by atoms with Crippen LogP contribution >= 0.6 is 23.2 Å². The highest BCUT2D eigenvalue weighted by Gasteiger charge is 2.07. The summed E-state index contributed by atoms with van der Waals surface area (Å²) in [6.07, 6.45) is 1.10. The van der Waals surface area contributed by atoms with E-state index < -0.39 is 0 Å². The lowest BCUT2D eigenvalue weighted by atomic mass is 10.2. The maximum absolute atomic E-state index is 6.14. The lowest BCUT2D eigenvalue weighted by Crippen LogP contribution is -2.14. The fourth-order valence-corrected chi connectivity index (χ4v) is 1.83. The summed E-state index contributed by atoms with van der Waals surface area (Å²) >= 11 is 12.2. The second kappa shape index (κ2) is 7.00. The lowest BCUT2D eigenvalue weighted by molar-refractivity contribution is 0.340. The van der Waals surface area contributed by atoms with Crippen LogP contribution in [-0.2, 0) is 6.54 Å². The Balaban J connectivity index is 2.75. The summed E-state index contributed by atoms with van der Waals surface area (Å²) in [6, 6.07) is 3.63. The molecule has 0 fully saturated rings. The minimum atomic E-state index is 0.587. The minimum Gasteiger partial charge on any atom is -0.492 e. The number of nitrogens with one attached hydrogen (secondary N) is 1. The van der Waals surface area contributed by atoms with E-state index in [2.05, 4.69) is 12.2 Å². The standard InChI is InChI=1S/C12H17Cl2NO/c1-3-5-15-8-9-6-11(14)12(16-4-2)7-10(9)13/h6-7,15H,3-5,8H2,1-2H3. The van der Waals surface area contributed by atoms with E-state index in [1.165, 1.54) is 0 Å². The molecule has 1 aromatic rings. The normalized spacial score (nSPS) is 10.5. The number of benzene rings is 1. The predicted octanol–water partition coefficient (Wildman–Crippen LogP) is 3.89. The third kappa shape index (κ3) is 3.85. The van der Waals surface area contributed by atoms with E-state index in [0.29, 0.717) is 22.4 Å². The van der Waals surface area contributed by atoms with E-state index in [-0.39, 0.29) is 0 Å². The smallest absolute Gasteiger partial charge is 0.139 e. The molecule has 1 rings (SSSR count). The first-order valence-corrected chi connectivity index (χ1v) is 6.26. The number of rotatable bonds is 6. The van der Waals surface area contributed by atoms with E-state index in [1.54, 1.807) is 6.07 Å². The van der Waals surface area contributed by atoms with Crippen molar-refractivity contribution >= 4 is 23.2 Å². The highest BCUT2D eigenvalue weighted by atomic mass is 35.5. The van der Waals surface area contributed by atoms with Gasteiger partial charge in [-0.2, -0.15) is 0 Å². The molecule has 0 atom stereocenters. The number of hydrogen-bond acceptors (Lipinski definition) is 2. The van der Waals surface area contributed by atoms with Crippen molar-refractivity contribution in [1.82, 2.24) is 5.32 Å². The Bertz CT molecular complexity index is 342. The van der Waals surface area contributed by atoms with Gasteiger partial charge in [0.2, 0.25) is 0 Å². The van der Waals surface area contributed by atoms with Gasteiger partial charge in [-0.15, -0.1) is 0 Å². The van der Waals surface area contributed by atoms with Crippen molar-refractivity contribution in [2.75, 3.05) is 13.2 Å². The molecule has 16 heavy (non-hydrogen) atoms. The van der Waals surface area contributed by atoms with Crippen LogP contribution in [0, 0.1) is 0 Å². The quantitative estimate of drug-likeness (QED) is 0.785.